The molecule has 0 unspecified atom stereocenters. The molecule has 0 aliphatic carbocycles. The Balaban J connectivity index is 1.37. The predicted molar refractivity (Wildman–Crippen MR) is 123 cm³/mol. The van der Waals surface area contributed by atoms with E-state index in [0.29, 0.717) is 13.1 Å². The lowest BCUT2D eigenvalue weighted by Gasteiger charge is -2.44. The van der Waals surface area contributed by atoms with E-state index in [1.165, 1.54) is 5.56 Å². The Morgan fingerprint density at radius 1 is 1.00 bits per heavy atom. The number of fused-ring (bicyclic) bond motifs is 5. The number of hydrogen-bond acceptors (Lipinski definition) is 7. The maximum atomic E-state index is 12.7. The van der Waals surface area contributed by atoms with Crippen molar-refractivity contribution >= 4 is 17.5 Å². The van der Waals surface area contributed by atoms with E-state index in [2.05, 4.69) is 45.8 Å². The number of piperazine rings is 1. The van der Waals surface area contributed by atoms with E-state index in [1.807, 2.05) is 6.07 Å². The third-order valence-electron chi connectivity index (χ3n) is 7.20. The van der Waals surface area contributed by atoms with E-state index in [0.717, 1.165) is 63.4 Å². The molecule has 4 heterocycles. The summed E-state index contributed by atoms with van der Waals surface area (Å²) < 4.78 is 54.9. The summed E-state index contributed by atoms with van der Waals surface area (Å²) in [5.74, 6) is 2.28. The second-order valence-corrected chi connectivity index (χ2v) is 9.08. The molecule has 2 aromatic rings. The minimum Gasteiger partial charge on any atom is -0.495 e. The van der Waals surface area contributed by atoms with Gasteiger partial charge in [0.25, 0.3) is 0 Å². The van der Waals surface area contributed by atoms with Crippen LogP contribution < -0.4 is 19.1 Å². The highest BCUT2D eigenvalue weighted by Crippen LogP contribution is 2.49. The molecule has 1 atom stereocenters. The highest BCUT2D eigenvalue weighted by atomic mass is 19.4. The summed E-state index contributed by atoms with van der Waals surface area (Å²) in [4.78, 5) is 8.63. The van der Waals surface area contributed by atoms with Crippen LogP contribution in [0.3, 0.4) is 0 Å². The van der Waals surface area contributed by atoms with Crippen LogP contribution in [0.5, 0.6) is 17.2 Å². The molecule has 6 rings (SSSR count). The Bertz CT molecular complexity index is 1190. The van der Waals surface area contributed by atoms with Crippen molar-refractivity contribution in [2.75, 3.05) is 51.5 Å². The summed E-state index contributed by atoms with van der Waals surface area (Å²) in [6.07, 6.45) is -1.60. The largest absolute Gasteiger partial charge is 0.539 e. The average Bonchev–Trinajstić information content (AvgIpc) is 3.29. The van der Waals surface area contributed by atoms with Gasteiger partial charge in [0, 0.05) is 49.5 Å². The van der Waals surface area contributed by atoms with Crippen LogP contribution in [-0.2, 0) is 11.3 Å². The number of rotatable bonds is 3. The van der Waals surface area contributed by atoms with Gasteiger partial charge in [0.1, 0.15) is 5.75 Å². The van der Waals surface area contributed by atoms with Crippen LogP contribution >= 0.6 is 0 Å². The molecule has 4 aliphatic rings. The molecule has 4 aliphatic heterocycles. The van der Waals surface area contributed by atoms with Gasteiger partial charge >= 0.3 is 6.36 Å². The van der Waals surface area contributed by atoms with Crippen molar-refractivity contribution in [3.63, 3.8) is 0 Å². The van der Waals surface area contributed by atoms with Crippen LogP contribution in [0, 0.1) is 0 Å². The number of alkyl halides is 3. The van der Waals surface area contributed by atoms with E-state index in [1.54, 1.807) is 7.11 Å². The zero-order valence-corrected chi connectivity index (χ0v) is 19.5. The first-order chi connectivity index (χ1) is 16.8. The number of halogens is 3. The molecule has 35 heavy (non-hydrogen) atoms. The quantitative estimate of drug-likeness (QED) is 0.632. The molecule has 0 aromatic heterocycles. The number of anilines is 1. The summed E-state index contributed by atoms with van der Waals surface area (Å²) in [6.45, 7) is 4.36. The SMILES string of the molecule is COc1ccc2c(c1N1CCN(OC(F)(F)F)CC1)[C@@H](C)N1CCc3cc4c(cc3C1=C2)OCO4. The first-order valence-electron chi connectivity index (χ1n) is 11.7. The summed E-state index contributed by atoms with van der Waals surface area (Å²) in [6, 6.07) is 8.20. The highest BCUT2D eigenvalue weighted by molar-refractivity contribution is 5.89. The molecule has 186 valence electrons. The smallest absolute Gasteiger partial charge is 0.495 e. The van der Waals surface area contributed by atoms with Crippen LogP contribution in [-0.4, -0.2) is 63.0 Å². The van der Waals surface area contributed by atoms with Crippen molar-refractivity contribution in [3.8, 4) is 17.2 Å². The third kappa shape index (κ3) is 3.84. The van der Waals surface area contributed by atoms with Gasteiger partial charge < -0.3 is 24.0 Å². The Labute approximate surface area is 201 Å². The van der Waals surface area contributed by atoms with Crippen molar-refractivity contribution in [3.05, 3.63) is 46.5 Å². The summed E-state index contributed by atoms with van der Waals surface area (Å²) >= 11 is 0. The fourth-order valence-electron chi connectivity index (χ4n) is 5.62. The van der Waals surface area contributed by atoms with Gasteiger partial charge in [0.15, 0.2) is 11.5 Å². The Kier molecular flexibility index (Phi) is 5.26. The van der Waals surface area contributed by atoms with Crippen molar-refractivity contribution in [1.82, 2.24) is 9.96 Å². The van der Waals surface area contributed by atoms with Gasteiger partial charge in [0.05, 0.1) is 18.8 Å². The lowest BCUT2D eigenvalue weighted by molar-refractivity contribution is -0.414. The number of hydroxylamine groups is 2. The Morgan fingerprint density at radius 3 is 2.46 bits per heavy atom. The van der Waals surface area contributed by atoms with Gasteiger partial charge in [0.2, 0.25) is 6.79 Å². The van der Waals surface area contributed by atoms with Crippen molar-refractivity contribution < 1.29 is 32.2 Å². The van der Waals surface area contributed by atoms with Gasteiger partial charge in [-0.2, -0.15) is 5.06 Å². The molecule has 2 aromatic carbocycles. The maximum absolute atomic E-state index is 12.7. The molecular weight excluding hydrogens is 463 g/mol. The lowest BCUT2D eigenvalue weighted by Crippen LogP contribution is -2.48. The molecular formula is C25H26F3N3O4. The molecule has 0 radical (unpaired) electrons. The van der Waals surface area contributed by atoms with Crippen molar-refractivity contribution in [2.45, 2.75) is 25.7 Å². The van der Waals surface area contributed by atoms with Gasteiger partial charge in [-0.05, 0) is 48.7 Å². The van der Waals surface area contributed by atoms with E-state index in [9.17, 15) is 13.2 Å². The summed E-state index contributed by atoms with van der Waals surface area (Å²) in [5, 5.41) is 0.978. The molecule has 0 bridgehead atoms. The summed E-state index contributed by atoms with van der Waals surface area (Å²) in [5.41, 5.74) is 6.68. The fraction of sp³-hybridized carbons (Fsp3) is 0.440. The number of hydrogen-bond donors (Lipinski definition) is 0. The molecule has 0 saturated carbocycles. The average molecular weight is 489 g/mol. The standard InChI is InChI=1S/C25H26F3N3O4/c1-15-23-17(11-19-18-13-22-21(33-14-34-22)12-16(18)5-6-31(15)19)3-4-20(32-2)24(23)29-7-9-30(10-8-29)35-25(26,27)28/h3-4,11-13,15H,5-10,14H2,1-2H3/t15-/m1/s1. The van der Waals surface area contributed by atoms with Crippen LogP contribution in [0.4, 0.5) is 18.9 Å². The molecule has 0 spiro atoms. The van der Waals surface area contributed by atoms with Gasteiger partial charge in [-0.25, -0.2) is 4.84 Å². The number of ether oxygens (including phenoxy) is 3. The van der Waals surface area contributed by atoms with E-state index < -0.39 is 6.36 Å². The van der Waals surface area contributed by atoms with Crippen LogP contribution in [0.1, 0.15) is 35.2 Å². The minimum atomic E-state index is -4.68. The number of nitrogens with zero attached hydrogens (tertiary/aromatic N) is 3. The molecule has 0 amide bonds. The fourth-order valence-corrected chi connectivity index (χ4v) is 5.62. The van der Waals surface area contributed by atoms with E-state index >= 15 is 0 Å². The Hall–Kier alpha value is -3.11. The van der Waals surface area contributed by atoms with Crippen LogP contribution in [0.25, 0.3) is 11.8 Å². The number of methoxy groups -OCH3 is 1. The first kappa shape index (κ1) is 22.4. The topological polar surface area (TPSA) is 46.6 Å². The molecule has 7 nitrogen and oxygen atoms in total. The van der Waals surface area contributed by atoms with Crippen molar-refractivity contribution in [2.24, 2.45) is 0 Å². The number of benzene rings is 2. The highest BCUT2D eigenvalue weighted by Gasteiger charge is 2.38. The molecule has 0 N–H and O–H groups in total. The molecule has 1 saturated heterocycles. The predicted octanol–water partition coefficient (Wildman–Crippen LogP) is 4.43. The van der Waals surface area contributed by atoms with E-state index in [4.69, 9.17) is 14.2 Å². The van der Waals surface area contributed by atoms with E-state index in [-0.39, 0.29) is 25.9 Å². The first-order valence-corrected chi connectivity index (χ1v) is 11.7. The zero-order valence-electron chi connectivity index (χ0n) is 19.5. The van der Waals surface area contributed by atoms with Crippen molar-refractivity contribution in [1.29, 1.82) is 0 Å². The second kappa shape index (κ2) is 8.23. The lowest BCUT2D eigenvalue weighted by atomic mass is 9.86. The van der Waals surface area contributed by atoms with Gasteiger partial charge in [-0.15, -0.1) is 13.2 Å². The zero-order chi connectivity index (χ0) is 24.3. The van der Waals surface area contributed by atoms with Crippen LogP contribution in [0.15, 0.2) is 24.3 Å². The van der Waals surface area contributed by atoms with Gasteiger partial charge in [-0.1, -0.05) is 6.07 Å². The normalized spacial score (nSPS) is 21.3. The summed E-state index contributed by atoms with van der Waals surface area (Å²) in [7, 11) is 1.63. The minimum absolute atomic E-state index is 0.0538. The third-order valence-corrected chi connectivity index (χ3v) is 7.20. The second-order valence-electron chi connectivity index (χ2n) is 9.08. The monoisotopic (exact) mass is 489 g/mol. The van der Waals surface area contributed by atoms with Crippen LogP contribution in [0.2, 0.25) is 0 Å². The molecule has 10 heteroatoms. The Morgan fingerprint density at radius 2 is 1.74 bits per heavy atom. The maximum Gasteiger partial charge on any atom is 0.539 e. The molecule has 1 fully saturated rings. The van der Waals surface area contributed by atoms with Gasteiger partial charge in [-0.3, -0.25) is 0 Å².